The molecule has 1 N–H and O–H groups in total. The fourth-order valence-corrected chi connectivity index (χ4v) is 1.45. The van der Waals surface area contributed by atoms with Crippen LogP contribution in [0.3, 0.4) is 0 Å². The molecule has 1 unspecified atom stereocenters. The Morgan fingerprint density at radius 2 is 1.50 bits per heavy atom. The average Bonchev–Trinajstić information content (AvgIpc) is 1.96. The smallest absolute Gasteiger partial charge is 0.248 e. The lowest BCUT2D eigenvalue weighted by Crippen LogP contribution is -2.42. The maximum Gasteiger partial charge on any atom is 0.248 e. The molecule has 72 valence electrons. The maximum atomic E-state index is 13.5. The van der Waals surface area contributed by atoms with Crippen LogP contribution in [0, 0.1) is 0 Å². The molecule has 0 aromatic heterocycles. The van der Waals surface area contributed by atoms with Crippen LogP contribution in [0.2, 0.25) is 0 Å². The fourth-order valence-electron chi connectivity index (χ4n) is 1.45. The number of rotatable bonds is 1. The summed E-state index contributed by atoms with van der Waals surface area (Å²) in [6.45, 7) is 1.31. The zero-order valence-corrected chi connectivity index (χ0v) is 6.99. The van der Waals surface area contributed by atoms with E-state index in [9.17, 15) is 13.2 Å². The van der Waals surface area contributed by atoms with Gasteiger partial charge in [0, 0.05) is 12.8 Å². The quantitative estimate of drug-likeness (QED) is 0.659. The van der Waals surface area contributed by atoms with Gasteiger partial charge in [0.05, 0.1) is 6.10 Å². The summed E-state index contributed by atoms with van der Waals surface area (Å²) in [5, 5.41) is 8.99. The summed E-state index contributed by atoms with van der Waals surface area (Å²) in [6.07, 6.45) is -2.52. The highest BCUT2D eigenvalue weighted by Gasteiger charge is 2.46. The Labute approximate surface area is 69.6 Å². The Hall–Kier alpha value is -0.250. The molecule has 0 aromatic rings. The lowest BCUT2D eigenvalue weighted by Gasteiger charge is -2.35. The predicted octanol–water partition coefficient (Wildman–Crippen LogP) is 2.28. The highest BCUT2D eigenvalue weighted by atomic mass is 19.3. The molecule has 1 atom stereocenters. The van der Waals surface area contributed by atoms with Crippen LogP contribution < -0.4 is 0 Å². The van der Waals surface area contributed by atoms with Crippen LogP contribution in [0.5, 0.6) is 0 Å². The molecule has 0 amide bonds. The van der Waals surface area contributed by atoms with Crippen molar-refractivity contribution in [3.05, 3.63) is 0 Å². The molecular weight excluding hydrogens is 169 g/mol. The summed E-state index contributed by atoms with van der Waals surface area (Å²) in [6, 6.07) is 0. The molecule has 1 saturated carbocycles. The van der Waals surface area contributed by atoms with E-state index in [1.807, 2.05) is 0 Å². The Balaban J connectivity index is 2.55. The monoisotopic (exact) mass is 182 g/mol. The molecular formula is C8H13F3O. The van der Waals surface area contributed by atoms with Crippen LogP contribution in [0.15, 0.2) is 0 Å². The zero-order chi connectivity index (χ0) is 9.41. The van der Waals surface area contributed by atoms with Crippen molar-refractivity contribution >= 4 is 0 Å². The van der Waals surface area contributed by atoms with Crippen molar-refractivity contribution in [2.75, 3.05) is 0 Å². The van der Waals surface area contributed by atoms with E-state index in [0.29, 0.717) is 0 Å². The van der Waals surface area contributed by atoms with Gasteiger partial charge in [-0.1, -0.05) is 0 Å². The fraction of sp³-hybridized carbons (Fsp3) is 1.00. The number of aliphatic hydroxyl groups excluding tert-OH is 1. The molecule has 1 nitrogen and oxygen atoms in total. The second kappa shape index (κ2) is 2.91. The Bertz CT molecular complexity index is 158. The molecule has 1 rings (SSSR count). The molecule has 0 aliphatic heterocycles. The molecule has 0 radical (unpaired) electrons. The van der Waals surface area contributed by atoms with Crippen molar-refractivity contribution in [1.29, 1.82) is 0 Å². The van der Waals surface area contributed by atoms with Gasteiger partial charge in [-0.25, -0.2) is 13.2 Å². The second-order valence-corrected chi connectivity index (χ2v) is 3.57. The van der Waals surface area contributed by atoms with Crippen LogP contribution >= 0.6 is 0 Å². The minimum atomic E-state index is -2.73. The van der Waals surface area contributed by atoms with Gasteiger partial charge >= 0.3 is 0 Å². The van der Waals surface area contributed by atoms with E-state index in [1.54, 1.807) is 0 Å². The lowest BCUT2D eigenvalue weighted by atomic mass is 9.81. The molecule has 1 fully saturated rings. The number of hydrogen-bond donors (Lipinski definition) is 1. The Kier molecular flexibility index (Phi) is 2.38. The van der Waals surface area contributed by atoms with Crippen LogP contribution in [-0.2, 0) is 0 Å². The number of alkyl halides is 3. The molecule has 0 heterocycles. The average molecular weight is 182 g/mol. The first-order valence-electron chi connectivity index (χ1n) is 4.11. The summed E-state index contributed by atoms with van der Waals surface area (Å²) in [5.74, 6) is -2.73. The molecule has 0 aromatic carbocycles. The lowest BCUT2D eigenvalue weighted by molar-refractivity contribution is -0.107. The second-order valence-electron chi connectivity index (χ2n) is 3.57. The van der Waals surface area contributed by atoms with Gasteiger partial charge in [0.1, 0.15) is 5.67 Å². The third kappa shape index (κ3) is 1.91. The minimum absolute atomic E-state index is 0.238. The van der Waals surface area contributed by atoms with Gasteiger partial charge in [-0.15, -0.1) is 0 Å². The van der Waals surface area contributed by atoms with Crippen LogP contribution in [0.25, 0.3) is 0 Å². The summed E-state index contributed by atoms with van der Waals surface area (Å²) in [7, 11) is 0. The summed E-state index contributed by atoms with van der Waals surface area (Å²) in [4.78, 5) is 0. The van der Waals surface area contributed by atoms with E-state index in [2.05, 4.69) is 0 Å². The molecule has 0 saturated heterocycles. The first-order chi connectivity index (χ1) is 5.36. The topological polar surface area (TPSA) is 20.2 Å². The van der Waals surface area contributed by atoms with Crippen molar-refractivity contribution in [3.8, 4) is 0 Å². The normalized spacial score (nSPS) is 29.8. The molecule has 0 spiro atoms. The number of hydrogen-bond acceptors (Lipinski definition) is 1. The van der Waals surface area contributed by atoms with E-state index in [4.69, 9.17) is 5.11 Å². The number of aliphatic hydroxyl groups is 1. The minimum Gasteiger partial charge on any atom is -0.390 e. The standard InChI is InChI=1S/C8H13F3O/c1-6(12)7(9)2-4-8(10,11)5-3-7/h6,12H,2-5H2,1H3. The maximum absolute atomic E-state index is 13.5. The van der Waals surface area contributed by atoms with E-state index in [1.165, 1.54) is 6.92 Å². The zero-order valence-electron chi connectivity index (χ0n) is 6.99. The van der Waals surface area contributed by atoms with Crippen molar-refractivity contribution < 1.29 is 18.3 Å². The predicted molar refractivity (Wildman–Crippen MR) is 38.9 cm³/mol. The summed E-state index contributed by atoms with van der Waals surface area (Å²) < 4.78 is 38.6. The van der Waals surface area contributed by atoms with Crippen molar-refractivity contribution in [3.63, 3.8) is 0 Å². The Morgan fingerprint density at radius 3 is 1.83 bits per heavy atom. The van der Waals surface area contributed by atoms with Gasteiger partial charge in [-0.3, -0.25) is 0 Å². The molecule has 4 heteroatoms. The third-order valence-corrected chi connectivity index (χ3v) is 2.56. The van der Waals surface area contributed by atoms with Crippen LogP contribution in [0.1, 0.15) is 32.6 Å². The molecule has 1 aliphatic carbocycles. The van der Waals surface area contributed by atoms with Gasteiger partial charge in [0.25, 0.3) is 0 Å². The van der Waals surface area contributed by atoms with Crippen LogP contribution in [0.4, 0.5) is 13.2 Å². The largest absolute Gasteiger partial charge is 0.390 e. The van der Waals surface area contributed by atoms with Gasteiger partial charge in [0.2, 0.25) is 5.92 Å². The van der Waals surface area contributed by atoms with E-state index >= 15 is 0 Å². The van der Waals surface area contributed by atoms with Gasteiger partial charge in [-0.05, 0) is 19.8 Å². The highest BCUT2D eigenvalue weighted by molar-refractivity contribution is 4.92. The van der Waals surface area contributed by atoms with Crippen molar-refractivity contribution in [1.82, 2.24) is 0 Å². The SMILES string of the molecule is CC(O)C1(F)CCC(F)(F)CC1. The van der Waals surface area contributed by atoms with Gasteiger partial charge in [0.15, 0.2) is 0 Å². The molecule has 1 aliphatic rings. The van der Waals surface area contributed by atoms with Crippen molar-refractivity contribution in [2.45, 2.75) is 50.3 Å². The molecule has 12 heavy (non-hydrogen) atoms. The summed E-state index contributed by atoms with van der Waals surface area (Å²) in [5.41, 5.74) is -1.79. The first-order valence-corrected chi connectivity index (χ1v) is 4.11. The van der Waals surface area contributed by atoms with Crippen molar-refractivity contribution in [2.24, 2.45) is 0 Å². The highest BCUT2D eigenvalue weighted by Crippen LogP contribution is 2.42. The van der Waals surface area contributed by atoms with E-state index in [-0.39, 0.29) is 12.8 Å². The van der Waals surface area contributed by atoms with E-state index in [0.717, 1.165) is 0 Å². The van der Waals surface area contributed by atoms with Gasteiger partial charge in [-0.2, -0.15) is 0 Å². The Morgan fingerprint density at radius 1 is 1.08 bits per heavy atom. The number of halogens is 3. The first kappa shape index (κ1) is 9.84. The van der Waals surface area contributed by atoms with Crippen LogP contribution in [-0.4, -0.2) is 22.8 Å². The molecule has 0 bridgehead atoms. The third-order valence-electron chi connectivity index (χ3n) is 2.56. The van der Waals surface area contributed by atoms with Gasteiger partial charge < -0.3 is 5.11 Å². The van der Waals surface area contributed by atoms with E-state index < -0.39 is 30.5 Å². The summed E-state index contributed by atoms with van der Waals surface area (Å²) >= 11 is 0.